The summed E-state index contributed by atoms with van der Waals surface area (Å²) in [6, 6.07) is 5.71. The standard InChI is InChI=1S/C12H17Cl2NOS/c1-2-16-7-5-15-6-8-17-10-3-4-11(13)12(14)9-10/h3-4,9,15H,2,5-8H2,1H3. The summed E-state index contributed by atoms with van der Waals surface area (Å²) in [7, 11) is 0. The molecule has 0 atom stereocenters. The normalized spacial score (nSPS) is 10.8. The van der Waals surface area contributed by atoms with Gasteiger partial charge < -0.3 is 10.1 Å². The molecule has 0 aromatic heterocycles. The molecule has 96 valence electrons. The number of ether oxygens (including phenoxy) is 1. The number of hydrogen-bond donors (Lipinski definition) is 1. The van der Waals surface area contributed by atoms with Crippen molar-refractivity contribution >= 4 is 35.0 Å². The zero-order valence-corrected chi connectivity index (χ0v) is 12.2. The molecular weight excluding hydrogens is 277 g/mol. The zero-order chi connectivity index (χ0) is 12.5. The summed E-state index contributed by atoms with van der Waals surface area (Å²) in [4.78, 5) is 1.14. The number of thioether (sulfide) groups is 1. The van der Waals surface area contributed by atoms with Crippen molar-refractivity contribution in [3.05, 3.63) is 28.2 Å². The van der Waals surface area contributed by atoms with Crippen molar-refractivity contribution in [2.24, 2.45) is 0 Å². The zero-order valence-electron chi connectivity index (χ0n) is 9.84. The van der Waals surface area contributed by atoms with Gasteiger partial charge in [0.25, 0.3) is 0 Å². The van der Waals surface area contributed by atoms with Crippen LogP contribution >= 0.6 is 35.0 Å². The minimum atomic E-state index is 0.603. The number of benzene rings is 1. The summed E-state index contributed by atoms with van der Waals surface area (Å²) >= 11 is 13.5. The van der Waals surface area contributed by atoms with Gasteiger partial charge in [0.15, 0.2) is 0 Å². The molecule has 0 saturated heterocycles. The molecule has 1 aromatic carbocycles. The van der Waals surface area contributed by atoms with Gasteiger partial charge in [-0.15, -0.1) is 11.8 Å². The van der Waals surface area contributed by atoms with E-state index >= 15 is 0 Å². The molecule has 0 aliphatic heterocycles. The number of halogens is 2. The first kappa shape index (κ1) is 15.1. The van der Waals surface area contributed by atoms with E-state index in [2.05, 4.69) is 5.32 Å². The molecule has 0 amide bonds. The SMILES string of the molecule is CCOCCNCCSc1ccc(Cl)c(Cl)c1. The maximum absolute atomic E-state index is 5.93. The van der Waals surface area contributed by atoms with Gasteiger partial charge in [0.1, 0.15) is 0 Å². The van der Waals surface area contributed by atoms with Crippen LogP contribution in [0.2, 0.25) is 10.0 Å². The van der Waals surface area contributed by atoms with E-state index in [-0.39, 0.29) is 0 Å². The average Bonchev–Trinajstić information content (AvgIpc) is 2.32. The summed E-state index contributed by atoms with van der Waals surface area (Å²) in [5.74, 6) is 1.00. The Morgan fingerprint density at radius 1 is 1.24 bits per heavy atom. The first-order chi connectivity index (χ1) is 8.24. The van der Waals surface area contributed by atoms with E-state index in [1.54, 1.807) is 11.8 Å². The fourth-order valence-corrected chi connectivity index (χ4v) is 2.43. The van der Waals surface area contributed by atoms with Gasteiger partial charge in [-0.2, -0.15) is 0 Å². The smallest absolute Gasteiger partial charge is 0.0603 e. The Morgan fingerprint density at radius 2 is 2.06 bits per heavy atom. The minimum Gasteiger partial charge on any atom is -0.380 e. The predicted molar refractivity (Wildman–Crippen MR) is 76.5 cm³/mol. The van der Waals surface area contributed by atoms with Crippen molar-refractivity contribution in [3.63, 3.8) is 0 Å². The molecule has 1 rings (SSSR count). The van der Waals surface area contributed by atoms with Gasteiger partial charge in [-0.05, 0) is 25.1 Å². The quantitative estimate of drug-likeness (QED) is 0.583. The second-order valence-electron chi connectivity index (χ2n) is 3.37. The van der Waals surface area contributed by atoms with E-state index in [4.69, 9.17) is 27.9 Å². The van der Waals surface area contributed by atoms with E-state index in [0.717, 1.165) is 37.0 Å². The van der Waals surface area contributed by atoms with Gasteiger partial charge in [-0.25, -0.2) is 0 Å². The molecule has 0 saturated carbocycles. The fraction of sp³-hybridized carbons (Fsp3) is 0.500. The lowest BCUT2D eigenvalue weighted by atomic mass is 10.4. The van der Waals surface area contributed by atoms with Crippen LogP contribution in [0, 0.1) is 0 Å². The number of hydrogen-bond acceptors (Lipinski definition) is 3. The van der Waals surface area contributed by atoms with E-state index < -0.39 is 0 Å². The molecule has 0 spiro atoms. The van der Waals surface area contributed by atoms with E-state index in [1.807, 2.05) is 25.1 Å². The van der Waals surface area contributed by atoms with Crippen LogP contribution in [-0.2, 0) is 4.74 Å². The molecular formula is C12H17Cl2NOS. The third kappa shape index (κ3) is 6.53. The third-order valence-corrected chi connectivity index (χ3v) is 3.80. The van der Waals surface area contributed by atoms with Crippen LogP contribution in [0.1, 0.15) is 6.92 Å². The summed E-state index contributed by atoms with van der Waals surface area (Å²) in [6.45, 7) is 5.40. The highest BCUT2D eigenvalue weighted by Crippen LogP contribution is 2.27. The molecule has 1 N–H and O–H groups in total. The maximum Gasteiger partial charge on any atom is 0.0603 e. The second kappa shape index (κ2) is 9.06. The monoisotopic (exact) mass is 293 g/mol. The summed E-state index contributed by atoms with van der Waals surface area (Å²) in [5, 5.41) is 4.53. The Morgan fingerprint density at radius 3 is 2.76 bits per heavy atom. The topological polar surface area (TPSA) is 21.3 Å². The average molecular weight is 294 g/mol. The largest absolute Gasteiger partial charge is 0.380 e. The fourth-order valence-electron chi connectivity index (χ4n) is 1.22. The van der Waals surface area contributed by atoms with Gasteiger partial charge in [0.2, 0.25) is 0 Å². The Balaban J connectivity index is 2.11. The molecule has 17 heavy (non-hydrogen) atoms. The Kier molecular flexibility index (Phi) is 8.06. The Bertz CT molecular complexity index is 336. The van der Waals surface area contributed by atoms with Crippen LogP contribution in [0.25, 0.3) is 0 Å². The lowest BCUT2D eigenvalue weighted by Crippen LogP contribution is -2.22. The summed E-state index contributed by atoms with van der Waals surface area (Å²) < 4.78 is 5.23. The lowest BCUT2D eigenvalue weighted by Gasteiger charge is -2.05. The first-order valence-electron chi connectivity index (χ1n) is 5.60. The number of nitrogens with one attached hydrogen (secondary N) is 1. The van der Waals surface area contributed by atoms with Gasteiger partial charge in [0, 0.05) is 30.3 Å². The van der Waals surface area contributed by atoms with Crippen LogP contribution in [-0.4, -0.2) is 32.1 Å². The van der Waals surface area contributed by atoms with Crippen LogP contribution in [0.3, 0.4) is 0 Å². The molecule has 5 heteroatoms. The molecule has 0 fully saturated rings. The molecule has 0 aliphatic rings. The van der Waals surface area contributed by atoms with E-state index in [9.17, 15) is 0 Å². The minimum absolute atomic E-state index is 0.603. The highest BCUT2D eigenvalue weighted by molar-refractivity contribution is 7.99. The highest BCUT2D eigenvalue weighted by Gasteiger charge is 1.99. The molecule has 2 nitrogen and oxygen atoms in total. The van der Waals surface area contributed by atoms with Gasteiger partial charge in [-0.3, -0.25) is 0 Å². The molecule has 0 bridgehead atoms. The van der Waals surface area contributed by atoms with E-state index in [1.165, 1.54) is 0 Å². The van der Waals surface area contributed by atoms with Crippen molar-refractivity contribution in [2.45, 2.75) is 11.8 Å². The van der Waals surface area contributed by atoms with Gasteiger partial charge in [-0.1, -0.05) is 23.2 Å². The molecule has 0 aliphatic carbocycles. The highest BCUT2D eigenvalue weighted by atomic mass is 35.5. The molecule has 0 radical (unpaired) electrons. The van der Waals surface area contributed by atoms with Crippen LogP contribution in [0.5, 0.6) is 0 Å². The van der Waals surface area contributed by atoms with Gasteiger partial charge in [0.05, 0.1) is 16.7 Å². The van der Waals surface area contributed by atoms with Crippen molar-refractivity contribution in [1.29, 1.82) is 0 Å². The van der Waals surface area contributed by atoms with Crippen molar-refractivity contribution in [2.75, 3.05) is 32.1 Å². The summed E-state index contributed by atoms with van der Waals surface area (Å²) in [5.41, 5.74) is 0. The van der Waals surface area contributed by atoms with Crippen molar-refractivity contribution < 1.29 is 4.74 Å². The van der Waals surface area contributed by atoms with Crippen molar-refractivity contribution in [1.82, 2.24) is 5.32 Å². The molecule has 0 heterocycles. The molecule has 0 unspecified atom stereocenters. The summed E-state index contributed by atoms with van der Waals surface area (Å²) in [6.07, 6.45) is 0. The molecule has 1 aromatic rings. The van der Waals surface area contributed by atoms with Crippen LogP contribution < -0.4 is 5.32 Å². The third-order valence-electron chi connectivity index (χ3n) is 2.07. The predicted octanol–water partition coefficient (Wildman–Crippen LogP) is 3.71. The first-order valence-corrected chi connectivity index (χ1v) is 7.34. The van der Waals surface area contributed by atoms with Crippen LogP contribution in [0.4, 0.5) is 0 Å². The Labute approximate surface area is 117 Å². The van der Waals surface area contributed by atoms with Gasteiger partial charge >= 0.3 is 0 Å². The van der Waals surface area contributed by atoms with Crippen molar-refractivity contribution in [3.8, 4) is 0 Å². The number of rotatable bonds is 8. The Hall–Kier alpha value is 0.0700. The van der Waals surface area contributed by atoms with Crippen LogP contribution in [0.15, 0.2) is 23.1 Å². The maximum atomic E-state index is 5.93. The second-order valence-corrected chi connectivity index (χ2v) is 5.35. The van der Waals surface area contributed by atoms with E-state index in [0.29, 0.717) is 10.0 Å². The lowest BCUT2D eigenvalue weighted by molar-refractivity contribution is 0.150.